The Hall–Kier alpha value is -3.93. The van der Waals surface area contributed by atoms with Crippen molar-refractivity contribution in [3.05, 3.63) is 83.9 Å². The molecular weight excluding hydrogens is 388 g/mol. The van der Waals surface area contributed by atoms with Gasteiger partial charge in [0.15, 0.2) is 0 Å². The van der Waals surface area contributed by atoms with E-state index in [2.05, 4.69) is 15.3 Å². The van der Waals surface area contributed by atoms with Gasteiger partial charge in [-0.3, -0.25) is 4.79 Å². The smallest absolute Gasteiger partial charge is 0.251 e. The van der Waals surface area contributed by atoms with E-state index in [0.29, 0.717) is 18.0 Å². The molecule has 3 aromatic carbocycles. The SMILES string of the molecule is CC(C)Oc1nc(N)nc2ccc(-c3ccc(C(=O)NCc4ccccc4)cc3)cc12. The van der Waals surface area contributed by atoms with E-state index in [1.807, 2.05) is 86.6 Å². The predicted octanol–water partition coefficient (Wildman–Crippen LogP) is 4.60. The first-order valence-corrected chi connectivity index (χ1v) is 10.2. The molecule has 6 heteroatoms. The van der Waals surface area contributed by atoms with Crippen LogP contribution in [-0.2, 0) is 6.54 Å². The molecule has 0 aliphatic heterocycles. The van der Waals surface area contributed by atoms with E-state index in [4.69, 9.17) is 10.5 Å². The van der Waals surface area contributed by atoms with Gasteiger partial charge in [-0.2, -0.15) is 4.98 Å². The van der Waals surface area contributed by atoms with Gasteiger partial charge >= 0.3 is 0 Å². The molecule has 0 atom stereocenters. The molecule has 0 fully saturated rings. The van der Waals surface area contributed by atoms with E-state index in [1.54, 1.807) is 0 Å². The number of amides is 1. The summed E-state index contributed by atoms with van der Waals surface area (Å²) >= 11 is 0. The van der Waals surface area contributed by atoms with E-state index < -0.39 is 0 Å². The first kappa shape index (κ1) is 20.3. The minimum absolute atomic E-state index is 0.0326. The fourth-order valence-corrected chi connectivity index (χ4v) is 3.30. The van der Waals surface area contributed by atoms with Gasteiger partial charge in [-0.05, 0) is 54.8 Å². The number of nitrogens with zero attached hydrogens (tertiary/aromatic N) is 2. The molecule has 0 saturated heterocycles. The van der Waals surface area contributed by atoms with Crippen LogP contribution in [-0.4, -0.2) is 22.0 Å². The highest BCUT2D eigenvalue weighted by Gasteiger charge is 2.12. The Morgan fingerprint density at radius 3 is 2.39 bits per heavy atom. The number of anilines is 1. The van der Waals surface area contributed by atoms with Gasteiger partial charge in [0.2, 0.25) is 11.8 Å². The monoisotopic (exact) mass is 412 g/mol. The molecule has 0 unspecified atom stereocenters. The average molecular weight is 412 g/mol. The lowest BCUT2D eigenvalue weighted by molar-refractivity contribution is 0.0951. The maximum atomic E-state index is 12.5. The molecule has 0 saturated carbocycles. The summed E-state index contributed by atoms with van der Waals surface area (Å²) in [4.78, 5) is 21.0. The van der Waals surface area contributed by atoms with E-state index in [9.17, 15) is 4.79 Å². The Bertz CT molecular complexity index is 1210. The molecule has 1 aromatic heterocycles. The lowest BCUT2D eigenvalue weighted by atomic mass is 10.0. The molecule has 3 N–H and O–H groups in total. The molecular formula is C25H24N4O2. The quantitative estimate of drug-likeness (QED) is 0.483. The normalized spacial score (nSPS) is 10.9. The molecule has 0 spiro atoms. The molecule has 0 radical (unpaired) electrons. The third kappa shape index (κ3) is 4.80. The third-order valence-corrected chi connectivity index (χ3v) is 4.80. The van der Waals surface area contributed by atoms with Crippen LogP contribution in [0.25, 0.3) is 22.0 Å². The van der Waals surface area contributed by atoms with E-state index in [-0.39, 0.29) is 18.0 Å². The summed E-state index contributed by atoms with van der Waals surface area (Å²) in [5, 5.41) is 3.74. The molecule has 0 aliphatic carbocycles. The van der Waals surface area contributed by atoms with Crippen LogP contribution in [0.1, 0.15) is 29.8 Å². The lowest BCUT2D eigenvalue weighted by Gasteiger charge is -2.12. The van der Waals surface area contributed by atoms with Crippen molar-refractivity contribution < 1.29 is 9.53 Å². The summed E-state index contributed by atoms with van der Waals surface area (Å²) < 4.78 is 5.83. The summed E-state index contributed by atoms with van der Waals surface area (Å²) in [6.45, 7) is 4.37. The molecule has 31 heavy (non-hydrogen) atoms. The van der Waals surface area contributed by atoms with Gasteiger partial charge in [0.25, 0.3) is 5.91 Å². The van der Waals surface area contributed by atoms with Gasteiger partial charge in [0.1, 0.15) is 0 Å². The van der Waals surface area contributed by atoms with Crippen LogP contribution in [0, 0.1) is 0 Å². The number of aromatic nitrogens is 2. The van der Waals surface area contributed by atoms with Gasteiger partial charge in [-0.25, -0.2) is 4.98 Å². The van der Waals surface area contributed by atoms with Gasteiger partial charge < -0.3 is 15.8 Å². The molecule has 6 nitrogen and oxygen atoms in total. The molecule has 1 amide bonds. The number of fused-ring (bicyclic) bond motifs is 1. The third-order valence-electron chi connectivity index (χ3n) is 4.80. The topological polar surface area (TPSA) is 90.1 Å². The summed E-state index contributed by atoms with van der Waals surface area (Å²) in [5.74, 6) is 0.545. The highest BCUT2D eigenvalue weighted by Crippen LogP contribution is 2.29. The number of ether oxygens (including phenoxy) is 1. The highest BCUT2D eigenvalue weighted by molar-refractivity contribution is 5.95. The van der Waals surface area contributed by atoms with Crippen molar-refractivity contribution in [3.8, 4) is 17.0 Å². The van der Waals surface area contributed by atoms with Crippen molar-refractivity contribution in [2.45, 2.75) is 26.5 Å². The highest BCUT2D eigenvalue weighted by atomic mass is 16.5. The van der Waals surface area contributed by atoms with Crippen LogP contribution < -0.4 is 15.8 Å². The Morgan fingerprint density at radius 2 is 1.68 bits per heavy atom. The number of nitrogens with one attached hydrogen (secondary N) is 1. The molecule has 0 aliphatic rings. The summed E-state index contributed by atoms with van der Waals surface area (Å²) in [6, 6.07) is 23.2. The van der Waals surface area contributed by atoms with Gasteiger partial charge in [-0.15, -0.1) is 0 Å². The fraction of sp³-hybridized carbons (Fsp3) is 0.160. The van der Waals surface area contributed by atoms with Gasteiger partial charge in [-0.1, -0.05) is 48.5 Å². The van der Waals surface area contributed by atoms with Gasteiger partial charge in [0.05, 0.1) is 17.0 Å². The molecule has 1 heterocycles. The first-order chi connectivity index (χ1) is 15.0. The Labute approximate surface area is 181 Å². The van der Waals surface area contributed by atoms with Crippen molar-refractivity contribution in [1.82, 2.24) is 15.3 Å². The van der Waals surface area contributed by atoms with E-state index >= 15 is 0 Å². The second-order valence-electron chi connectivity index (χ2n) is 7.53. The Kier molecular flexibility index (Phi) is 5.80. The maximum Gasteiger partial charge on any atom is 0.251 e. The van der Waals surface area contributed by atoms with Crippen LogP contribution in [0.2, 0.25) is 0 Å². The second kappa shape index (κ2) is 8.83. The van der Waals surface area contributed by atoms with Gasteiger partial charge in [0, 0.05) is 12.1 Å². The summed E-state index contributed by atoms with van der Waals surface area (Å²) in [6.07, 6.45) is -0.0326. The lowest BCUT2D eigenvalue weighted by Crippen LogP contribution is -2.22. The van der Waals surface area contributed by atoms with Crippen molar-refractivity contribution in [2.24, 2.45) is 0 Å². The Morgan fingerprint density at radius 1 is 0.968 bits per heavy atom. The zero-order chi connectivity index (χ0) is 21.8. The molecule has 156 valence electrons. The Balaban J connectivity index is 1.55. The average Bonchev–Trinajstić information content (AvgIpc) is 2.77. The fourth-order valence-electron chi connectivity index (χ4n) is 3.30. The number of rotatable bonds is 6. The number of hydrogen-bond acceptors (Lipinski definition) is 5. The van der Waals surface area contributed by atoms with Crippen LogP contribution in [0.15, 0.2) is 72.8 Å². The number of carbonyl (C=O) groups is 1. The molecule has 4 rings (SSSR count). The number of hydrogen-bond donors (Lipinski definition) is 2. The number of nitrogen functional groups attached to an aromatic ring is 1. The number of benzene rings is 3. The minimum atomic E-state index is -0.106. The zero-order valence-electron chi connectivity index (χ0n) is 17.5. The maximum absolute atomic E-state index is 12.5. The van der Waals surface area contributed by atoms with Crippen LogP contribution >= 0.6 is 0 Å². The van der Waals surface area contributed by atoms with E-state index in [0.717, 1.165) is 27.6 Å². The standard InChI is InChI=1S/C25H24N4O2/c1-16(2)31-24-21-14-20(12-13-22(21)28-25(26)29-24)18-8-10-19(11-9-18)23(30)27-15-17-6-4-3-5-7-17/h3-14,16H,15H2,1-2H3,(H,27,30)(H2,26,28,29). The van der Waals surface area contributed by atoms with Crippen molar-refractivity contribution in [1.29, 1.82) is 0 Å². The van der Waals surface area contributed by atoms with E-state index in [1.165, 1.54) is 0 Å². The predicted molar refractivity (Wildman–Crippen MR) is 123 cm³/mol. The summed E-state index contributed by atoms with van der Waals surface area (Å²) in [7, 11) is 0. The molecule has 0 bridgehead atoms. The van der Waals surface area contributed by atoms with Crippen LogP contribution in [0.5, 0.6) is 5.88 Å². The van der Waals surface area contributed by atoms with Crippen molar-refractivity contribution in [3.63, 3.8) is 0 Å². The van der Waals surface area contributed by atoms with Crippen molar-refractivity contribution in [2.75, 3.05) is 5.73 Å². The first-order valence-electron chi connectivity index (χ1n) is 10.2. The van der Waals surface area contributed by atoms with Crippen LogP contribution in [0.4, 0.5) is 5.95 Å². The van der Waals surface area contributed by atoms with Crippen LogP contribution in [0.3, 0.4) is 0 Å². The molecule has 4 aromatic rings. The number of carbonyl (C=O) groups excluding carboxylic acids is 1. The second-order valence-corrected chi connectivity index (χ2v) is 7.53. The van der Waals surface area contributed by atoms with Crippen molar-refractivity contribution >= 4 is 22.8 Å². The largest absolute Gasteiger partial charge is 0.474 e. The zero-order valence-corrected chi connectivity index (χ0v) is 17.5. The number of nitrogens with two attached hydrogens (primary N) is 1. The minimum Gasteiger partial charge on any atom is -0.474 e. The summed E-state index contributed by atoms with van der Waals surface area (Å²) in [5.41, 5.74) is 10.2.